The third kappa shape index (κ3) is 6.81. The highest BCUT2D eigenvalue weighted by molar-refractivity contribution is 7.85. The second kappa shape index (κ2) is 12.5. The Hall–Kier alpha value is -4.19. The zero-order valence-electron chi connectivity index (χ0n) is 25.6. The van der Waals surface area contributed by atoms with Crippen molar-refractivity contribution in [3.8, 4) is 16.9 Å². The zero-order chi connectivity index (χ0) is 32.6. The lowest BCUT2D eigenvalue weighted by Crippen LogP contribution is -2.39. The van der Waals surface area contributed by atoms with Crippen LogP contribution in [0, 0.1) is 12.3 Å². The van der Waals surface area contributed by atoms with Gasteiger partial charge in [0, 0.05) is 46.6 Å². The van der Waals surface area contributed by atoms with Crippen molar-refractivity contribution >= 4 is 39.2 Å². The summed E-state index contributed by atoms with van der Waals surface area (Å²) in [6, 6.07) is 18.4. The first-order valence-corrected chi connectivity index (χ1v) is 17.1. The van der Waals surface area contributed by atoms with Crippen LogP contribution in [0.5, 0.6) is 5.75 Å². The Morgan fingerprint density at radius 2 is 1.93 bits per heavy atom. The quantitative estimate of drug-likeness (QED) is 0.153. The predicted molar refractivity (Wildman–Crippen MR) is 176 cm³/mol. The van der Waals surface area contributed by atoms with Crippen LogP contribution in [-0.2, 0) is 21.5 Å². The van der Waals surface area contributed by atoms with E-state index in [0.29, 0.717) is 43.5 Å². The monoisotopic (exact) mass is 662 g/mol. The number of nitrogens with zero attached hydrogens (tertiary/aromatic N) is 3. The molecule has 0 bridgehead atoms. The number of hydrogen-bond donors (Lipinski definition) is 2. The third-order valence-electron chi connectivity index (χ3n) is 8.80. The van der Waals surface area contributed by atoms with E-state index in [1.807, 2.05) is 60.6 Å². The van der Waals surface area contributed by atoms with Gasteiger partial charge in [0.1, 0.15) is 11.6 Å². The van der Waals surface area contributed by atoms with Gasteiger partial charge in [-0.3, -0.25) is 18.8 Å². The van der Waals surface area contributed by atoms with Crippen molar-refractivity contribution in [2.24, 2.45) is 5.41 Å². The Labute approximate surface area is 273 Å². The molecule has 1 aliphatic carbocycles. The zero-order valence-corrected chi connectivity index (χ0v) is 27.1. The molecule has 12 heteroatoms. The van der Waals surface area contributed by atoms with Gasteiger partial charge < -0.3 is 15.0 Å². The lowest BCUT2D eigenvalue weighted by molar-refractivity contribution is -0.119. The molecule has 240 valence electrons. The molecule has 0 radical (unpaired) electrons. The molecule has 0 saturated heterocycles. The number of carbonyl (C=O) groups excluding carboxylic acids is 2. The second-order valence-corrected chi connectivity index (χ2v) is 14.2. The molecular weight excluding hydrogens is 628 g/mol. The first-order chi connectivity index (χ1) is 21.9. The van der Waals surface area contributed by atoms with Gasteiger partial charge in [0.25, 0.3) is 16.0 Å². The normalized spacial score (nSPS) is 18.4. The van der Waals surface area contributed by atoms with E-state index in [1.54, 1.807) is 22.9 Å². The summed E-state index contributed by atoms with van der Waals surface area (Å²) in [6.07, 6.45) is 5.74. The molecule has 1 saturated carbocycles. The molecule has 6 rings (SSSR count). The summed E-state index contributed by atoms with van der Waals surface area (Å²) in [7, 11) is -4.32. The number of carbonyl (C=O) groups is 2. The van der Waals surface area contributed by atoms with Gasteiger partial charge >= 0.3 is 0 Å². The van der Waals surface area contributed by atoms with Crippen LogP contribution in [0.4, 0.5) is 5.69 Å². The lowest BCUT2D eigenvalue weighted by atomic mass is 9.88. The third-order valence-corrected chi connectivity index (χ3v) is 9.72. The molecule has 46 heavy (non-hydrogen) atoms. The van der Waals surface area contributed by atoms with Crippen molar-refractivity contribution in [1.29, 1.82) is 0 Å². The molecule has 1 aromatic heterocycles. The van der Waals surface area contributed by atoms with Gasteiger partial charge in [0.05, 0.1) is 19.3 Å². The summed E-state index contributed by atoms with van der Waals surface area (Å²) in [5.74, 6) is -0.297. The number of anilines is 1. The molecule has 2 atom stereocenters. The summed E-state index contributed by atoms with van der Waals surface area (Å²) in [5, 5.41) is 7.43. The smallest absolute Gasteiger partial charge is 0.283 e. The van der Waals surface area contributed by atoms with Gasteiger partial charge in [-0.15, -0.1) is 0 Å². The number of fused-ring (bicyclic) bond motifs is 3. The van der Waals surface area contributed by atoms with Gasteiger partial charge in [0.15, 0.2) is 0 Å². The van der Waals surface area contributed by atoms with Crippen molar-refractivity contribution < 1.29 is 27.3 Å². The van der Waals surface area contributed by atoms with E-state index < -0.39 is 21.9 Å². The molecule has 3 aromatic carbocycles. The Kier molecular flexibility index (Phi) is 8.66. The predicted octanol–water partition coefficient (Wildman–Crippen LogP) is 5.83. The Morgan fingerprint density at radius 1 is 1.15 bits per heavy atom. The van der Waals surface area contributed by atoms with E-state index in [2.05, 4.69) is 23.4 Å². The molecule has 2 unspecified atom stereocenters. The van der Waals surface area contributed by atoms with Crippen LogP contribution < -0.4 is 15.0 Å². The Balaban J connectivity index is 1.15. The number of benzene rings is 3. The van der Waals surface area contributed by atoms with Crippen LogP contribution in [0.15, 0.2) is 73.1 Å². The minimum atomic E-state index is -4.32. The molecule has 4 aromatic rings. The SMILES string of the molecule is Cc1c(Cl)cccc1OCCCC(=O)N1CC2(C)CC2c2c(-c3cnn(Cc4cccc(C(=O)NCS(=O)(=O)O)c4)c3)cccc21. The summed E-state index contributed by atoms with van der Waals surface area (Å²) in [4.78, 5) is 27.9. The van der Waals surface area contributed by atoms with Gasteiger partial charge in [-0.1, -0.05) is 48.9 Å². The molecule has 2 heterocycles. The van der Waals surface area contributed by atoms with E-state index in [-0.39, 0.29) is 16.9 Å². The van der Waals surface area contributed by atoms with E-state index >= 15 is 0 Å². The van der Waals surface area contributed by atoms with Crippen LogP contribution in [0.25, 0.3) is 11.1 Å². The summed E-state index contributed by atoms with van der Waals surface area (Å²) in [6.45, 7) is 5.65. The number of nitrogens with one attached hydrogen (secondary N) is 1. The van der Waals surface area contributed by atoms with Gasteiger partial charge in [-0.05, 0) is 78.1 Å². The van der Waals surface area contributed by atoms with Gasteiger partial charge in [0.2, 0.25) is 5.91 Å². The summed E-state index contributed by atoms with van der Waals surface area (Å²) >= 11 is 6.21. The van der Waals surface area contributed by atoms with Gasteiger partial charge in [-0.2, -0.15) is 13.5 Å². The molecule has 2 amide bonds. The Bertz CT molecular complexity index is 1930. The highest BCUT2D eigenvalue weighted by Gasteiger charge is 2.57. The van der Waals surface area contributed by atoms with E-state index in [4.69, 9.17) is 20.9 Å². The maximum Gasteiger partial charge on any atom is 0.283 e. The number of halogens is 1. The number of amides is 2. The average Bonchev–Trinajstić information content (AvgIpc) is 3.51. The van der Waals surface area contributed by atoms with Crippen molar-refractivity contribution in [3.63, 3.8) is 0 Å². The fourth-order valence-corrected chi connectivity index (χ4v) is 6.72. The first-order valence-electron chi connectivity index (χ1n) is 15.1. The highest BCUT2D eigenvalue weighted by atomic mass is 35.5. The molecule has 2 aliphatic rings. The Morgan fingerprint density at radius 3 is 2.74 bits per heavy atom. The van der Waals surface area contributed by atoms with Crippen molar-refractivity contribution in [2.45, 2.75) is 45.6 Å². The summed E-state index contributed by atoms with van der Waals surface area (Å²) in [5.41, 5.74) is 6.09. The average molecular weight is 663 g/mol. The highest BCUT2D eigenvalue weighted by Crippen LogP contribution is 2.65. The van der Waals surface area contributed by atoms with E-state index in [9.17, 15) is 18.0 Å². The van der Waals surface area contributed by atoms with Crippen LogP contribution >= 0.6 is 11.6 Å². The largest absolute Gasteiger partial charge is 0.493 e. The molecule has 2 N–H and O–H groups in total. The van der Waals surface area contributed by atoms with E-state index in [0.717, 1.165) is 40.1 Å². The van der Waals surface area contributed by atoms with Crippen LogP contribution in [-0.4, -0.2) is 53.6 Å². The topological polar surface area (TPSA) is 131 Å². The van der Waals surface area contributed by atoms with Crippen LogP contribution in [0.3, 0.4) is 0 Å². The molecule has 0 spiro atoms. The first kappa shape index (κ1) is 31.8. The van der Waals surface area contributed by atoms with E-state index in [1.165, 1.54) is 5.56 Å². The second-order valence-electron chi connectivity index (χ2n) is 12.3. The maximum absolute atomic E-state index is 13.6. The fraction of sp³-hybridized carbons (Fsp3) is 0.324. The number of hydrogen-bond acceptors (Lipinski definition) is 6. The van der Waals surface area contributed by atoms with Gasteiger partial charge in [-0.25, -0.2) is 0 Å². The van der Waals surface area contributed by atoms with Crippen LogP contribution in [0.2, 0.25) is 5.02 Å². The molecular formula is C34H35ClN4O6S. The fourth-order valence-electron chi connectivity index (χ4n) is 6.24. The lowest BCUT2D eigenvalue weighted by Gasteiger charge is -2.34. The molecule has 1 aliphatic heterocycles. The number of aromatic nitrogens is 2. The van der Waals surface area contributed by atoms with Crippen molar-refractivity contribution in [2.75, 3.05) is 23.9 Å². The van der Waals surface area contributed by atoms with Crippen molar-refractivity contribution in [1.82, 2.24) is 15.1 Å². The molecule has 10 nitrogen and oxygen atoms in total. The van der Waals surface area contributed by atoms with Crippen molar-refractivity contribution in [3.05, 3.63) is 100 Å². The number of rotatable bonds is 11. The maximum atomic E-state index is 13.6. The molecule has 1 fully saturated rings. The number of ether oxygens (including phenoxy) is 1. The minimum absolute atomic E-state index is 0.0273. The standard InChI is InChI=1S/C34H35ClN4O6S/c1-22-28(35)10-5-12-30(22)45-14-6-13-31(40)39-20-34(2)16-27(34)32-26(9-4-11-29(32)39)25-17-37-38(19-25)18-23-7-3-8-24(15-23)33(41)36-21-46(42,43)44/h3-5,7-12,15,17,19,27H,6,13-14,16,18,20-21H2,1-2H3,(H,36,41)(H,42,43,44). The minimum Gasteiger partial charge on any atom is -0.493 e. The van der Waals surface area contributed by atoms with Crippen LogP contribution in [0.1, 0.15) is 59.2 Å². The summed E-state index contributed by atoms with van der Waals surface area (Å²) < 4.78 is 38.6.